The van der Waals surface area contributed by atoms with Crippen LogP contribution in [0.1, 0.15) is 28.9 Å². The molecule has 1 saturated heterocycles. The van der Waals surface area contributed by atoms with E-state index in [1.54, 1.807) is 0 Å². The molecule has 0 amide bonds. The van der Waals surface area contributed by atoms with Crippen molar-refractivity contribution in [2.45, 2.75) is 49.1 Å². The Bertz CT molecular complexity index is 1010. The molecule has 2 aliphatic rings. The summed E-state index contributed by atoms with van der Waals surface area (Å²) in [5.41, 5.74) is 0.220. The summed E-state index contributed by atoms with van der Waals surface area (Å²) in [6.07, 6.45) is -10.2. The molecular formula is C21H24O11. The van der Waals surface area contributed by atoms with Crippen LogP contribution < -0.4 is 4.74 Å². The summed E-state index contributed by atoms with van der Waals surface area (Å²) in [5.74, 6) is -1.89. The van der Waals surface area contributed by atoms with Gasteiger partial charge < -0.3 is 55.4 Å². The van der Waals surface area contributed by atoms with Crippen molar-refractivity contribution in [2.75, 3.05) is 6.61 Å². The first-order valence-corrected chi connectivity index (χ1v) is 9.88. The van der Waals surface area contributed by atoms with E-state index in [1.165, 1.54) is 18.2 Å². The molecule has 2 heterocycles. The van der Waals surface area contributed by atoms with E-state index >= 15 is 0 Å². The number of ether oxygens (including phenoxy) is 2. The third kappa shape index (κ3) is 3.58. The molecule has 0 radical (unpaired) electrons. The maximum atomic E-state index is 10.6. The van der Waals surface area contributed by atoms with Gasteiger partial charge in [0.25, 0.3) is 0 Å². The Morgan fingerprint density at radius 3 is 2.16 bits per heavy atom. The van der Waals surface area contributed by atoms with Gasteiger partial charge in [-0.2, -0.15) is 0 Å². The molecule has 1 fully saturated rings. The topological polar surface area (TPSA) is 201 Å². The van der Waals surface area contributed by atoms with Crippen molar-refractivity contribution in [3.63, 3.8) is 0 Å². The number of fused-ring (bicyclic) bond motifs is 1. The maximum Gasteiger partial charge on any atom is 0.157 e. The maximum absolute atomic E-state index is 10.6. The molecule has 0 saturated carbocycles. The molecule has 1 unspecified atom stereocenters. The van der Waals surface area contributed by atoms with Gasteiger partial charge in [0.15, 0.2) is 11.5 Å². The molecule has 174 valence electrons. The Labute approximate surface area is 181 Å². The SMILES string of the molecule is OC[C@@H]1O[C@H](c2c(O)cc(O)c3c2O[C@H](c2ccc(O)c(O)c2)[C@H](O)C3)[C@@H](O)C(O)[C@H]1O. The highest BCUT2D eigenvalue weighted by molar-refractivity contribution is 5.59. The molecular weight excluding hydrogens is 428 g/mol. The van der Waals surface area contributed by atoms with Gasteiger partial charge >= 0.3 is 0 Å². The molecule has 0 aliphatic carbocycles. The zero-order valence-electron chi connectivity index (χ0n) is 16.6. The summed E-state index contributed by atoms with van der Waals surface area (Å²) < 4.78 is 11.4. The van der Waals surface area contributed by atoms with Crippen LogP contribution in [0.5, 0.6) is 28.7 Å². The van der Waals surface area contributed by atoms with Crippen LogP contribution in [0.4, 0.5) is 0 Å². The van der Waals surface area contributed by atoms with Crippen molar-refractivity contribution in [3.8, 4) is 28.7 Å². The van der Waals surface area contributed by atoms with E-state index in [4.69, 9.17) is 9.47 Å². The Morgan fingerprint density at radius 2 is 1.50 bits per heavy atom. The minimum atomic E-state index is -1.72. The zero-order valence-corrected chi connectivity index (χ0v) is 16.6. The van der Waals surface area contributed by atoms with Gasteiger partial charge in [0, 0.05) is 18.1 Å². The van der Waals surface area contributed by atoms with Gasteiger partial charge in [-0.1, -0.05) is 6.07 Å². The number of aromatic hydroxyl groups is 4. The summed E-state index contributed by atoms with van der Waals surface area (Å²) in [4.78, 5) is 0. The summed E-state index contributed by atoms with van der Waals surface area (Å²) in [6.45, 7) is -0.683. The summed E-state index contributed by atoms with van der Waals surface area (Å²) in [6, 6.07) is 4.77. The molecule has 0 aromatic heterocycles. The molecule has 11 nitrogen and oxygen atoms in total. The number of phenols is 4. The highest BCUT2D eigenvalue weighted by atomic mass is 16.5. The van der Waals surface area contributed by atoms with E-state index < -0.39 is 66.6 Å². The quantitative estimate of drug-likeness (QED) is 0.260. The van der Waals surface area contributed by atoms with Gasteiger partial charge in [-0.25, -0.2) is 0 Å². The first-order valence-electron chi connectivity index (χ1n) is 9.88. The first-order chi connectivity index (χ1) is 15.1. The van der Waals surface area contributed by atoms with E-state index in [2.05, 4.69) is 0 Å². The smallest absolute Gasteiger partial charge is 0.157 e. The van der Waals surface area contributed by atoms with Gasteiger partial charge in [0.2, 0.25) is 0 Å². The number of rotatable bonds is 3. The Morgan fingerprint density at radius 1 is 0.781 bits per heavy atom. The van der Waals surface area contributed by atoms with Gasteiger partial charge in [-0.15, -0.1) is 0 Å². The minimum absolute atomic E-state index is 0.0986. The number of aliphatic hydroxyl groups is 5. The Balaban J connectivity index is 1.80. The van der Waals surface area contributed by atoms with Crippen molar-refractivity contribution >= 4 is 0 Å². The fourth-order valence-corrected chi connectivity index (χ4v) is 4.17. The van der Waals surface area contributed by atoms with E-state index in [0.717, 1.165) is 6.07 Å². The van der Waals surface area contributed by atoms with Crippen molar-refractivity contribution < 1.29 is 55.4 Å². The zero-order chi connectivity index (χ0) is 23.3. The third-order valence-electron chi connectivity index (χ3n) is 5.89. The number of aliphatic hydroxyl groups excluding tert-OH is 5. The normalized spacial score (nSPS) is 32.2. The van der Waals surface area contributed by atoms with Crippen LogP contribution in [-0.2, 0) is 11.2 Å². The van der Waals surface area contributed by atoms with Crippen LogP contribution >= 0.6 is 0 Å². The van der Waals surface area contributed by atoms with Gasteiger partial charge in [0.1, 0.15) is 53.9 Å². The molecule has 0 bridgehead atoms. The number of benzene rings is 2. The van der Waals surface area contributed by atoms with E-state index in [0.29, 0.717) is 0 Å². The lowest BCUT2D eigenvalue weighted by atomic mass is 9.86. The minimum Gasteiger partial charge on any atom is -0.507 e. The first kappa shape index (κ1) is 22.4. The predicted molar refractivity (Wildman–Crippen MR) is 105 cm³/mol. The lowest BCUT2D eigenvalue weighted by Gasteiger charge is -2.42. The second kappa shape index (κ2) is 8.28. The van der Waals surface area contributed by atoms with Crippen molar-refractivity contribution in [1.29, 1.82) is 0 Å². The number of hydrogen-bond donors (Lipinski definition) is 9. The van der Waals surface area contributed by atoms with Gasteiger partial charge in [-0.3, -0.25) is 0 Å². The fraction of sp³-hybridized carbons (Fsp3) is 0.429. The predicted octanol–water partition coefficient (Wildman–Crippen LogP) is -0.939. The third-order valence-corrected chi connectivity index (χ3v) is 5.89. The molecule has 9 N–H and O–H groups in total. The highest BCUT2D eigenvalue weighted by Crippen LogP contribution is 2.50. The molecule has 2 aliphatic heterocycles. The fourth-order valence-electron chi connectivity index (χ4n) is 4.17. The molecule has 11 heteroatoms. The van der Waals surface area contributed by atoms with Crippen LogP contribution in [-0.4, -0.2) is 83.1 Å². The Hall–Kier alpha value is -2.80. The van der Waals surface area contributed by atoms with Crippen molar-refractivity contribution in [2.24, 2.45) is 0 Å². The molecule has 0 spiro atoms. The lowest BCUT2D eigenvalue weighted by Crippen LogP contribution is -2.55. The summed E-state index contributed by atoms with van der Waals surface area (Å²) >= 11 is 0. The van der Waals surface area contributed by atoms with Crippen LogP contribution in [0.2, 0.25) is 0 Å². The number of hydrogen-bond acceptors (Lipinski definition) is 11. The monoisotopic (exact) mass is 452 g/mol. The van der Waals surface area contributed by atoms with Gasteiger partial charge in [-0.05, 0) is 17.7 Å². The molecule has 4 rings (SSSR count). The Kier molecular flexibility index (Phi) is 5.79. The lowest BCUT2D eigenvalue weighted by molar-refractivity contribution is -0.232. The van der Waals surface area contributed by atoms with Crippen LogP contribution in [0.3, 0.4) is 0 Å². The second-order valence-electron chi connectivity index (χ2n) is 7.94. The van der Waals surface area contributed by atoms with E-state index in [1.807, 2.05) is 0 Å². The highest BCUT2D eigenvalue weighted by Gasteiger charge is 2.47. The van der Waals surface area contributed by atoms with Crippen molar-refractivity contribution in [3.05, 3.63) is 41.0 Å². The van der Waals surface area contributed by atoms with Gasteiger partial charge in [0.05, 0.1) is 18.3 Å². The molecule has 7 atom stereocenters. The van der Waals surface area contributed by atoms with E-state index in [-0.39, 0.29) is 34.6 Å². The van der Waals surface area contributed by atoms with Crippen LogP contribution in [0.15, 0.2) is 24.3 Å². The molecule has 32 heavy (non-hydrogen) atoms. The summed E-state index contributed by atoms with van der Waals surface area (Å²) in [5, 5.41) is 91.0. The standard InChI is InChI=1S/C21H24O11/c22-6-14-16(28)17(29)18(30)21(31-14)15-12(26)5-10(24)8-4-13(27)19(32-20(8)15)7-1-2-9(23)11(25)3-7/h1-3,5,13-14,16-19,21-30H,4,6H2/t13-,14+,16+,17?,18+,19-,21-/m1/s1. The van der Waals surface area contributed by atoms with E-state index in [9.17, 15) is 46.0 Å². The van der Waals surface area contributed by atoms with Crippen molar-refractivity contribution in [1.82, 2.24) is 0 Å². The average Bonchev–Trinajstić information content (AvgIpc) is 2.75. The molecule has 2 aromatic carbocycles. The largest absolute Gasteiger partial charge is 0.507 e. The van der Waals surface area contributed by atoms with Crippen LogP contribution in [0.25, 0.3) is 0 Å². The second-order valence-corrected chi connectivity index (χ2v) is 7.94. The molecule has 2 aromatic rings. The van der Waals surface area contributed by atoms with Crippen LogP contribution in [0, 0.1) is 0 Å². The average molecular weight is 452 g/mol. The summed E-state index contributed by atoms with van der Waals surface area (Å²) in [7, 11) is 0. The number of phenolic OH excluding ortho intramolecular Hbond substituents is 4.